The van der Waals surface area contributed by atoms with Crippen LogP contribution < -0.4 is 4.74 Å². The standard InChI is InChI=1S/C20H19FN4OS/c1-2-3-4-12-26-19-22-10-9-16(23-19)18-17(14-5-7-15(21)8-6-14)24-20-25(18)11-13-27-20/h5-11,13H,2-4,12H2,1H3. The topological polar surface area (TPSA) is 52.3 Å². The average Bonchev–Trinajstić information content (AvgIpc) is 3.27. The third-order valence-corrected chi connectivity index (χ3v) is 4.99. The van der Waals surface area contributed by atoms with E-state index >= 15 is 0 Å². The quantitative estimate of drug-likeness (QED) is 0.411. The van der Waals surface area contributed by atoms with E-state index in [2.05, 4.69) is 16.9 Å². The summed E-state index contributed by atoms with van der Waals surface area (Å²) in [5.74, 6) is -0.272. The number of nitrogens with zero attached hydrogens (tertiary/aromatic N) is 4. The molecule has 4 rings (SSSR count). The normalized spacial score (nSPS) is 11.2. The van der Waals surface area contributed by atoms with Crippen LogP contribution in [0.2, 0.25) is 0 Å². The zero-order valence-electron chi connectivity index (χ0n) is 14.9. The number of ether oxygens (including phenoxy) is 1. The molecule has 0 saturated heterocycles. The van der Waals surface area contributed by atoms with Crippen molar-refractivity contribution in [3.63, 3.8) is 0 Å². The highest BCUT2D eigenvalue weighted by atomic mass is 32.1. The Balaban J connectivity index is 1.73. The number of unbranched alkanes of at least 4 members (excludes halogenated alkanes) is 2. The monoisotopic (exact) mass is 382 g/mol. The number of rotatable bonds is 7. The summed E-state index contributed by atoms with van der Waals surface area (Å²) >= 11 is 1.54. The van der Waals surface area contributed by atoms with Crippen LogP contribution in [0, 0.1) is 5.82 Å². The van der Waals surface area contributed by atoms with Gasteiger partial charge < -0.3 is 4.74 Å². The maximum absolute atomic E-state index is 13.3. The minimum atomic E-state index is -0.272. The highest BCUT2D eigenvalue weighted by Gasteiger charge is 2.18. The number of halogens is 1. The van der Waals surface area contributed by atoms with Gasteiger partial charge in [0.25, 0.3) is 0 Å². The van der Waals surface area contributed by atoms with E-state index in [-0.39, 0.29) is 5.82 Å². The van der Waals surface area contributed by atoms with E-state index in [0.29, 0.717) is 12.6 Å². The van der Waals surface area contributed by atoms with E-state index in [9.17, 15) is 4.39 Å². The minimum Gasteiger partial charge on any atom is -0.463 e. The lowest BCUT2D eigenvalue weighted by Gasteiger charge is -2.07. The third kappa shape index (κ3) is 3.68. The minimum absolute atomic E-state index is 0.272. The van der Waals surface area contributed by atoms with Crippen molar-refractivity contribution in [1.29, 1.82) is 0 Å². The number of thiazole rings is 1. The van der Waals surface area contributed by atoms with Gasteiger partial charge in [0.2, 0.25) is 0 Å². The van der Waals surface area contributed by atoms with Crippen molar-refractivity contribution in [1.82, 2.24) is 19.4 Å². The largest absolute Gasteiger partial charge is 0.463 e. The Labute approximate surface area is 160 Å². The molecule has 0 spiro atoms. The first-order valence-corrected chi connectivity index (χ1v) is 9.82. The van der Waals surface area contributed by atoms with Gasteiger partial charge in [-0.15, -0.1) is 11.3 Å². The lowest BCUT2D eigenvalue weighted by Crippen LogP contribution is -2.02. The van der Waals surface area contributed by atoms with Crippen LogP contribution in [0.1, 0.15) is 26.2 Å². The molecule has 27 heavy (non-hydrogen) atoms. The molecule has 0 fully saturated rings. The van der Waals surface area contributed by atoms with E-state index in [0.717, 1.165) is 46.9 Å². The molecule has 0 N–H and O–H groups in total. The van der Waals surface area contributed by atoms with Crippen molar-refractivity contribution in [2.75, 3.05) is 6.61 Å². The zero-order chi connectivity index (χ0) is 18.6. The number of hydrogen-bond donors (Lipinski definition) is 0. The maximum Gasteiger partial charge on any atom is 0.316 e. The first-order chi connectivity index (χ1) is 13.3. The fraction of sp³-hybridized carbons (Fsp3) is 0.250. The number of benzene rings is 1. The van der Waals surface area contributed by atoms with Crippen LogP contribution >= 0.6 is 11.3 Å². The third-order valence-electron chi connectivity index (χ3n) is 4.23. The Morgan fingerprint density at radius 2 is 1.96 bits per heavy atom. The van der Waals surface area contributed by atoms with Gasteiger partial charge in [0.05, 0.1) is 18.0 Å². The summed E-state index contributed by atoms with van der Waals surface area (Å²) in [7, 11) is 0. The number of fused-ring (bicyclic) bond motifs is 1. The predicted molar refractivity (Wildman–Crippen MR) is 105 cm³/mol. The van der Waals surface area contributed by atoms with E-state index in [4.69, 9.17) is 9.72 Å². The fourth-order valence-corrected chi connectivity index (χ4v) is 3.61. The highest BCUT2D eigenvalue weighted by molar-refractivity contribution is 7.15. The van der Waals surface area contributed by atoms with Crippen molar-refractivity contribution in [3.05, 3.63) is 53.9 Å². The molecule has 138 valence electrons. The fourth-order valence-electron chi connectivity index (χ4n) is 2.90. The molecule has 0 aliphatic heterocycles. The van der Waals surface area contributed by atoms with Crippen molar-refractivity contribution in [2.24, 2.45) is 0 Å². The van der Waals surface area contributed by atoms with E-state index in [1.165, 1.54) is 12.1 Å². The number of hydrogen-bond acceptors (Lipinski definition) is 5. The number of imidazole rings is 1. The SMILES string of the molecule is CCCCCOc1nccc(-c2c(-c3ccc(F)cc3)nc3sccn23)n1. The summed E-state index contributed by atoms with van der Waals surface area (Å²) in [6.07, 6.45) is 6.88. The van der Waals surface area contributed by atoms with Gasteiger partial charge in [-0.25, -0.2) is 14.4 Å². The molecule has 0 radical (unpaired) electrons. The van der Waals surface area contributed by atoms with Gasteiger partial charge in [0.15, 0.2) is 4.96 Å². The molecular weight excluding hydrogens is 363 g/mol. The molecular formula is C20H19FN4OS. The van der Waals surface area contributed by atoms with Crippen LogP contribution in [0.5, 0.6) is 6.01 Å². The van der Waals surface area contributed by atoms with Crippen molar-refractivity contribution in [2.45, 2.75) is 26.2 Å². The molecule has 5 nitrogen and oxygen atoms in total. The zero-order valence-corrected chi connectivity index (χ0v) is 15.7. The van der Waals surface area contributed by atoms with Gasteiger partial charge in [-0.1, -0.05) is 19.8 Å². The summed E-state index contributed by atoms with van der Waals surface area (Å²) in [4.78, 5) is 14.4. The highest BCUT2D eigenvalue weighted by Crippen LogP contribution is 2.33. The molecule has 3 aromatic heterocycles. The molecule has 0 saturated carbocycles. The van der Waals surface area contributed by atoms with Crippen LogP contribution in [-0.2, 0) is 0 Å². The molecule has 0 atom stereocenters. The molecule has 0 unspecified atom stereocenters. The predicted octanol–water partition coefficient (Wildman–Crippen LogP) is 5.23. The number of aromatic nitrogens is 4. The molecule has 7 heteroatoms. The smallest absolute Gasteiger partial charge is 0.316 e. The van der Waals surface area contributed by atoms with Crippen molar-refractivity contribution < 1.29 is 9.13 Å². The molecule has 0 aliphatic carbocycles. The second kappa shape index (κ2) is 7.84. The van der Waals surface area contributed by atoms with Gasteiger partial charge in [0.1, 0.15) is 11.5 Å². The molecule has 1 aromatic carbocycles. The molecule has 3 heterocycles. The van der Waals surface area contributed by atoms with Crippen LogP contribution in [0.3, 0.4) is 0 Å². The Hall–Kier alpha value is -2.80. The Morgan fingerprint density at radius 1 is 1.11 bits per heavy atom. The van der Waals surface area contributed by atoms with Crippen molar-refractivity contribution in [3.8, 4) is 28.7 Å². The Morgan fingerprint density at radius 3 is 2.78 bits per heavy atom. The summed E-state index contributed by atoms with van der Waals surface area (Å²) in [5, 5.41) is 1.98. The summed E-state index contributed by atoms with van der Waals surface area (Å²) < 4.78 is 21.0. The van der Waals surface area contributed by atoms with Gasteiger partial charge in [0, 0.05) is 23.3 Å². The molecule has 0 bridgehead atoms. The molecule has 4 aromatic rings. The molecule has 0 aliphatic rings. The van der Waals surface area contributed by atoms with Gasteiger partial charge in [-0.05, 0) is 36.8 Å². The lowest BCUT2D eigenvalue weighted by atomic mass is 10.1. The van der Waals surface area contributed by atoms with E-state index < -0.39 is 0 Å². The second-order valence-corrected chi connectivity index (χ2v) is 7.02. The average molecular weight is 382 g/mol. The van der Waals surface area contributed by atoms with E-state index in [1.54, 1.807) is 29.7 Å². The van der Waals surface area contributed by atoms with Crippen molar-refractivity contribution >= 4 is 16.3 Å². The molecule has 0 amide bonds. The lowest BCUT2D eigenvalue weighted by molar-refractivity contribution is 0.283. The van der Waals surface area contributed by atoms with Crippen LogP contribution in [-0.4, -0.2) is 26.0 Å². The Kier molecular flexibility index (Phi) is 5.11. The summed E-state index contributed by atoms with van der Waals surface area (Å²) in [5.41, 5.74) is 3.17. The van der Waals surface area contributed by atoms with Crippen LogP contribution in [0.25, 0.3) is 27.6 Å². The Bertz CT molecular complexity index is 1040. The summed E-state index contributed by atoms with van der Waals surface area (Å²) in [6.45, 7) is 2.75. The van der Waals surface area contributed by atoms with Gasteiger partial charge >= 0.3 is 6.01 Å². The maximum atomic E-state index is 13.3. The van der Waals surface area contributed by atoms with Gasteiger partial charge in [-0.2, -0.15) is 4.98 Å². The van der Waals surface area contributed by atoms with E-state index in [1.807, 2.05) is 22.0 Å². The summed E-state index contributed by atoms with van der Waals surface area (Å²) in [6, 6.07) is 8.54. The first-order valence-electron chi connectivity index (χ1n) is 8.94. The second-order valence-electron chi connectivity index (χ2n) is 6.15. The van der Waals surface area contributed by atoms with Gasteiger partial charge in [-0.3, -0.25) is 4.40 Å². The van der Waals surface area contributed by atoms with Crippen LogP contribution in [0.4, 0.5) is 4.39 Å². The van der Waals surface area contributed by atoms with Crippen LogP contribution in [0.15, 0.2) is 48.1 Å². The first kappa shape index (κ1) is 17.6.